The van der Waals surface area contributed by atoms with Crippen LogP contribution in [0.5, 0.6) is 0 Å². The van der Waals surface area contributed by atoms with Crippen LogP contribution in [0.3, 0.4) is 0 Å². The molecule has 1 aromatic carbocycles. The quantitative estimate of drug-likeness (QED) is 0.874. The molecule has 0 atom stereocenters. The maximum atomic E-state index is 13.5. The molecule has 0 unspecified atom stereocenters. The predicted molar refractivity (Wildman–Crippen MR) is 66.1 cm³/mol. The van der Waals surface area contributed by atoms with Gasteiger partial charge in [-0.1, -0.05) is 15.9 Å². The summed E-state index contributed by atoms with van der Waals surface area (Å²) in [6.07, 6.45) is 0. The fourth-order valence-electron chi connectivity index (χ4n) is 1.13. The molecule has 2 N–H and O–H groups in total. The number of rotatable bonds is 4. The summed E-state index contributed by atoms with van der Waals surface area (Å²) < 4.78 is 39.5. The van der Waals surface area contributed by atoms with Crippen LogP contribution in [0.2, 0.25) is 0 Å². The average Bonchev–Trinajstić information content (AvgIpc) is 2.14. The minimum absolute atomic E-state index is 0.386. The molecule has 0 heterocycles. The number of hydrogen-bond acceptors (Lipinski definition) is 3. The van der Waals surface area contributed by atoms with E-state index in [0.717, 1.165) is 12.1 Å². The lowest BCUT2D eigenvalue weighted by Gasteiger charge is -2.20. The van der Waals surface area contributed by atoms with Crippen molar-refractivity contribution >= 4 is 31.9 Å². The van der Waals surface area contributed by atoms with E-state index < -0.39 is 32.2 Å². The first-order chi connectivity index (χ1) is 8.06. The minimum atomic E-state index is -4.24. The van der Waals surface area contributed by atoms with Crippen LogP contribution < -0.4 is 4.72 Å². The molecule has 8 heteroatoms. The summed E-state index contributed by atoms with van der Waals surface area (Å²) in [6, 6.07) is 3.40. The van der Waals surface area contributed by atoms with Gasteiger partial charge in [0.1, 0.15) is 16.3 Å². The van der Waals surface area contributed by atoms with Gasteiger partial charge in [-0.3, -0.25) is 4.79 Å². The number of carboxylic acids is 1. The first kappa shape index (κ1) is 15.1. The van der Waals surface area contributed by atoms with Gasteiger partial charge in [-0.15, -0.1) is 0 Å². The van der Waals surface area contributed by atoms with Crippen molar-refractivity contribution in [3.05, 3.63) is 28.5 Å². The fourth-order valence-corrected chi connectivity index (χ4v) is 2.89. The standard InChI is InChI=1S/C10H11BrFNO4S/c1-10(2,9(14)15)13-18(16,17)8-4-3-6(11)5-7(8)12/h3-5,13H,1-2H3,(H,14,15). The second-order valence-electron chi connectivity index (χ2n) is 4.11. The highest BCUT2D eigenvalue weighted by Crippen LogP contribution is 2.20. The number of sulfonamides is 1. The largest absolute Gasteiger partial charge is 0.480 e. The zero-order valence-electron chi connectivity index (χ0n) is 9.57. The summed E-state index contributed by atoms with van der Waals surface area (Å²) in [6.45, 7) is 2.34. The molecule has 0 fully saturated rings. The lowest BCUT2D eigenvalue weighted by molar-refractivity contribution is -0.142. The third-order valence-corrected chi connectivity index (χ3v) is 4.29. The van der Waals surface area contributed by atoms with Crippen LogP contribution in [0.1, 0.15) is 13.8 Å². The van der Waals surface area contributed by atoms with Crippen molar-refractivity contribution in [2.24, 2.45) is 0 Å². The summed E-state index contributed by atoms with van der Waals surface area (Å²) in [5.74, 6) is -2.32. The van der Waals surface area contributed by atoms with Gasteiger partial charge in [0.2, 0.25) is 10.0 Å². The normalized spacial score (nSPS) is 12.4. The van der Waals surface area contributed by atoms with Crippen LogP contribution in [0.4, 0.5) is 4.39 Å². The Balaban J connectivity index is 3.19. The number of nitrogens with one attached hydrogen (secondary N) is 1. The van der Waals surface area contributed by atoms with Crippen molar-refractivity contribution in [3.8, 4) is 0 Å². The molecule has 0 radical (unpaired) electrons. The van der Waals surface area contributed by atoms with Crippen LogP contribution in [0.15, 0.2) is 27.6 Å². The third kappa shape index (κ3) is 3.27. The SMILES string of the molecule is CC(C)(NS(=O)(=O)c1ccc(Br)cc1F)C(=O)O. The van der Waals surface area contributed by atoms with Gasteiger partial charge in [0, 0.05) is 4.47 Å². The molecular weight excluding hydrogens is 329 g/mol. The minimum Gasteiger partial charge on any atom is -0.480 e. The lowest BCUT2D eigenvalue weighted by Crippen LogP contribution is -2.49. The lowest BCUT2D eigenvalue weighted by atomic mass is 10.1. The van der Waals surface area contributed by atoms with Crippen molar-refractivity contribution in [1.82, 2.24) is 4.72 Å². The smallest absolute Gasteiger partial charge is 0.324 e. The van der Waals surface area contributed by atoms with Crippen LogP contribution in [-0.4, -0.2) is 25.0 Å². The monoisotopic (exact) mass is 339 g/mol. The van der Waals surface area contributed by atoms with E-state index in [1.165, 1.54) is 19.9 Å². The highest BCUT2D eigenvalue weighted by Gasteiger charge is 2.34. The van der Waals surface area contributed by atoms with Crippen LogP contribution >= 0.6 is 15.9 Å². The molecule has 0 saturated heterocycles. The Morgan fingerprint density at radius 3 is 2.44 bits per heavy atom. The molecule has 0 aromatic heterocycles. The highest BCUT2D eigenvalue weighted by molar-refractivity contribution is 9.10. The third-order valence-electron chi connectivity index (χ3n) is 2.11. The van der Waals surface area contributed by atoms with Gasteiger partial charge in [0.15, 0.2) is 0 Å². The Morgan fingerprint density at radius 2 is 2.00 bits per heavy atom. The van der Waals surface area contributed by atoms with Crippen LogP contribution in [-0.2, 0) is 14.8 Å². The Hall–Kier alpha value is -0.990. The number of carbonyl (C=O) groups is 1. The molecule has 0 spiro atoms. The van der Waals surface area contributed by atoms with Gasteiger partial charge in [0.25, 0.3) is 0 Å². The van der Waals surface area contributed by atoms with Crippen molar-refractivity contribution in [1.29, 1.82) is 0 Å². The molecule has 0 bridgehead atoms. The Bertz CT molecular complexity index is 586. The number of aliphatic carboxylic acids is 1. The van der Waals surface area contributed by atoms with Crippen LogP contribution in [0.25, 0.3) is 0 Å². The van der Waals surface area contributed by atoms with Crippen molar-refractivity contribution in [2.75, 3.05) is 0 Å². The number of carboxylic acid groups (broad SMARTS) is 1. The Morgan fingerprint density at radius 1 is 1.44 bits per heavy atom. The van der Waals surface area contributed by atoms with E-state index in [1.807, 2.05) is 4.72 Å². The first-order valence-corrected chi connectivity index (χ1v) is 7.06. The summed E-state index contributed by atoms with van der Waals surface area (Å²) in [5.41, 5.74) is -1.72. The first-order valence-electron chi connectivity index (χ1n) is 4.79. The molecule has 0 aliphatic rings. The molecule has 5 nitrogen and oxygen atoms in total. The molecule has 0 amide bonds. The van der Waals surface area contributed by atoms with Gasteiger partial charge in [-0.05, 0) is 32.0 Å². The number of halogens is 2. The van der Waals surface area contributed by atoms with Crippen molar-refractivity contribution in [2.45, 2.75) is 24.3 Å². The zero-order chi connectivity index (χ0) is 14.1. The predicted octanol–water partition coefficient (Wildman–Crippen LogP) is 1.73. The molecule has 1 rings (SSSR count). The fraction of sp³-hybridized carbons (Fsp3) is 0.300. The number of hydrogen-bond donors (Lipinski definition) is 2. The van der Waals surface area contributed by atoms with Crippen molar-refractivity contribution < 1.29 is 22.7 Å². The highest BCUT2D eigenvalue weighted by atomic mass is 79.9. The zero-order valence-corrected chi connectivity index (χ0v) is 12.0. The number of benzene rings is 1. The van der Waals surface area contributed by atoms with Gasteiger partial charge in [0.05, 0.1) is 0 Å². The molecule has 1 aromatic rings. The Labute approximate surface area is 112 Å². The van der Waals surface area contributed by atoms with E-state index in [0.29, 0.717) is 4.47 Å². The second-order valence-corrected chi connectivity index (χ2v) is 6.68. The van der Waals surface area contributed by atoms with Crippen LogP contribution in [0, 0.1) is 5.82 Å². The molecule has 100 valence electrons. The van der Waals surface area contributed by atoms with E-state index in [-0.39, 0.29) is 0 Å². The second kappa shape index (κ2) is 4.94. The molecular formula is C10H11BrFNO4S. The summed E-state index contributed by atoms with van der Waals surface area (Å²) >= 11 is 3.00. The topological polar surface area (TPSA) is 83.5 Å². The van der Waals surface area contributed by atoms with E-state index in [9.17, 15) is 17.6 Å². The summed E-state index contributed by atoms with van der Waals surface area (Å²) in [5, 5.41) is 8.84. The van der Waals surface area contributed by atoms with E-state index in [2.05, 4.69) is 15.9 Å². The maximum absolute atomic E-state index is 13.5. The van der Waals surface area contributed by atoms with E-state index >= 15 is 0 Å². The van der Waals surface area contributed by atoms with E-state index in [1.54, 1.807) is 0 Å². The average molecular weight is 340 g/mol. The maximum Gasteiger partial charge on any atom is 0.324 e. The summed E-state index contributed by atoms with van der Waals surface area (Å²) in [4.78, 5) is 10.2. The molecule has 0 aliphatic carbocycles. The van der Waals surface area contributed by atoms with E-state index in [4.69, 9.17) is 5.11 Å². The van der Waals surface area contributed by atoms with Gasteiger partial charge < -0.3 is 5.11 Å². The molecule has 18 heavy (non-hydrogen) atoms. The molecule has 0 aliphatic heterocycles. The van der Waals surface area contributed by atoms with Gasteiger partial charge in [-0.25, -0.2) is 12.8 Å². The van der Waals surface area contributed by atoms with Gasteiger partial charge in [-0.2, -0.15) is 4.72 Å². The van der Waals surface area contributed by atoms with Gasteiger partial charge >= 0.3 is 5.97 Å². The molecule has 0 saturated carbocycles. The summed E-state index contributed by atoms with van der Waals surface area (Å²) in [7, 11) is -4.24. The Kier molecular flexibility index (Phi) is 4.14. The van der Waals surface area contributed by atoms with Crippen molar-refractivity contribution in [3.63, 3.8) is 0 Å².